The number of aromatic nitrogens is 2. The molecule has 0 atom stereocenters. The molecule has 0 aliphatic carbocycles. The molecule has 0 spiro atoms. The van der Waals surface area contributed by atoms with Crippen LogP contribution in [0.5, 0.6) is 5.75 Å². The van der Waals surface area contributed by atoms with Crippen molar-refractivity contribution in [2.75, 3.05) is 36.2 Å². The van der Waals surface area contributed by atoms with Gasteiger partial charge in [-0.2, -0.15) is 4.98 Å². The van der Waals surface area contributed by atoms with Gasteiger partial charge >= 0.3 is 0 Å². The first kappa shape index (κ1) is 14.9. The number of nitrogens with zero attached hydrogens (tertiary/aromatic N) is 2. The van der Waals surface area contributed by atoms with Crippen molar-refractivity contribution >= 4 is 34.7 Å². The van der Waals surface area contributed by atoms with Crippen molar-refractivity contribution in [1.82, 2.24) is 9.97 Å². The Balaban J connectivity index is 1.86. The van der Waals surface area contributed by atoms with Crippen LogP contribution in [0.2, 0.25) is 0 Å². The van der Waals surface area contributed by atoms with Crippen LogP contribution in [0.15, 0.2) is 67.3 Å². The first-order valence-electron chi connectivity index (χ1n) is 11.8. The van der Waals surface area contributed by atoms with Gasteiger partial charge in [0.2, 0.25) is 11.9 Å². The topological polar surface area (TPSA) is 97.4 Å². The van der Waals surface area contributed by atoms with Gasteiger partial charge in [-0.05, 0) is 48.5 Å². The van der Waals surface area contributed by atoms with Crippen LogP contribution in [0.4, 0.5) is 33.2 Å². The molecular weight excluding hydrogens is 401 g/mol. The van der Waals surface area contributed by atoms with E-state index in [1.807, 2.05) is 0 Å². The Morgan fingerprint density at radius 3 is 2.77 bits per heavy atom. The number of methoxy groups -OCH3 is 1. The van der Waals surface area contributed by atoms with Crippen LogP contribution in [0.25, 0.3) is 0 Å². The first-order valence-corrected chi connectivity index (χ1v) is 8.84. The summed E-state index contributed by atoms with van der Waals surface area (Å²) in [5, 5.41) is 7.57. The van der Waals surface area contributed by atoms with E-state index in [0.717, 1.165) is 12.3 Å². The summed E-state index contributed by atoms with van der Waals surface area (Å²) in [6.45, 7) is 1.01. The molecule has 31 heavy (non-hydrogen) atoms. The summed E-state index contributed by atoms with van der Waals surface area (Å²) in [7, 11) is 1.35. The van der Waals surface area contributed by atoms with Crippen LogP contribution in [0.1, 0.15) is 8.22 Å². The Labute approximate surface area is 187 Å². The molecule has 3 aromatic rings. The molecule has 1 aromatic heterocycles. The highest BCUT2D eigenvalue weighted by Gasteiger charge is 2.09. The van der Waals surface area contributed by atoms with Gasteiger partial charge in [-0.25, -0.2) is 9.37 Å². The minimum atomic E-state index is -2.02. The summed E-state index contributed by atoms with van der Waals surface area (Å²) in [5.74, 6) is -1.90. The second-order valence-corrected chi connectivity index (χ2v) is 5.79. The number of rotatable bonds is 10. The fraction of sp³-hybridized carbons (Fsp3) is 0.136. The van der Waals surface area contributed by atoms with Gasteiger partial charge in [0.1, 0.15) is 12.3 Å². The summed E-state index contributed by atoms with van der Waals surface area (Å²) in [4.78, 5) is 19.6. The molecule has 0 unspecified atom stereocenters. The maximum absolute atomic E-state index is 14.5. The SMILES string of the molecule is [2H]c1c([2H])c(NC(=O)C=C)c([2H])c(Nc2nc(Nc3ccc(OC([2H])([2H])COC)cc3)ncc2F)c1[2H]. The van der Waals surface area contributed by atoms with Crippen LogP contribution in [0, 0.1) is 5.82 Å². The van der Waals surface area contributed by atoms with E-state index in [4.69, 9.17) is 17.7 Å². The highest BCUT2D eigenvalue weighted by atomic mass is 19.1. The lowest BCUT2D eigenvalue weighted by Crippen LogP contribution is -2.07. The molecule has 3 N–H and O–H groups in total. The average molecular weight is 429 g/mol. The minimum Gasteiger partial charge on any atom is -0.491 e. The summed E-state index contributed by atoms with van der Waals surface area (Å²) < 4.78 is 72.3. The average Bonchev–Trinajstić information content (AvgIpc) is 2.85. The predicted molar refractivity (Wildman–Crippen MR) is 118 cm³/mol. The summed E-state index contributed by atoms with van der Waals surface area (Å²) in [6.07, 6.45) is 1.77. The van der Waals surface area contributed by atoms with Crippen LogP contribution in [-0.4, -0.2) is 36.2 Å². The quantitative estimate of drug-likeness (QED) is 0.415. The number of anilines is 5. The van der Waals surface area contributed by atoms with E-state index in [1.54, 1.807) is 12.1 Å². The van der Waals surface area contributed by atoms with Gasteiger partial charge in [0.25, 0.3) is 0 Å². The third-order valence-electron chi connectivity index (χ3n) is 3.55. The van der Waals surface area contributed by atoms with Crippen LogP contribution in [-0.2, 0) is 9.53 Å². The maximum atomic E-state index is 14.5. The standard InChI is InChI=1S/C22H22FN5O3/c1-3-20(29)25-16-5-4-6-17(13-16)26-21-19(23)14-24-22(28-21)27-15-7-9-18(10-8-15)31-12-11-30-2/h3-10,13-14H,1,11-12H2,2H3,(H,25,29)(H2,24,26,27,28)/i4D,5D,6D,12D2,13D. The largest absolute Gasteiger partial charge is 0.491 e. The van der Waals surface area contributed by atoms with Crippen molar-refractivity contribution < 1.29 is 26.9 Å². The molecule has 0 bridgehead atoms. The number of halogens is 1. The molecule has 160 valence electrons. The molecule has 0 aliphatic heterocycles. The van der Waals surface area contributed by atoms with Crippen molar-refractivity contribution in [3.05, 3.63) is 73.1 Å². The first-order chi connectivity index (χ1) is 17.5. The van der Waals surface area contributed by atoms with Gasteiger partial charge < -0.3 is 25.4 Å². The minimum absolute atomic E-state index is 0.0614. The fourth-order valence-corrected chi connectivity index (χ4v) is 2.18. The van der Waals surface area contributed by atoms with Crippen LogP contribution >= 0.6 is 0 Å². The Hall–Kier alpha value is -3.98. The van der Waals surface area contributed by atoms with Gasteiger partial charge in [0.15, 0.2) is 11.6 Å². The normalized spacial score (nSPS) is 13.5. The van der Waals surface area contributed by atoms with Gasteiger partial charge in [-0.3, -0.25) is 4.79 Å². The van der Waals surface area contributed by atoms with Gasteiger partial charge in [-0.15, -0.1) is 0 Å². The van der Waals surface area contributed by atoms with Gasteiger partial charge in [0.05, 0.1) is 21.0 Å². The monoisotopic (exact) mass is 429 g/mol. The third-order valence-corrected chi connectivity index (χ3v) is 3.55. The zero-order valence-corrected chi connectivity index (χ0v) is 16.4. The number of hydrogen-bond donors (Lipinski definition) is 3. The molecule has 2 aromatic carbocycles. The number of nitrogens with one attached hydrogen (secondary N) is 3. The molecule has 1 heterocycles. The second kappa shape index (κ2) is 10.7. The lowest BCUT2D eigenvalue weighted by molar-refractivity contribution is -0.111. The summed E-state index contributed by atoms with van der Waals surface area (Å²) >= 11 is 0. The van der Waals surface area contributed by atoms with Crippen LogP contribution in [0.3, 0.4) is 0 Å². The highest BCUT2D eigenvalue weighted by molar-refractivity contribution is 5.99. The molecule has 1 amide bonds. The molecule has 0 fully saturated rings. The zero-order chi connectivity index (χ0) is 27.3. The second-order valence-electron chi connectivity index (χ2n) is 5.79. The molecule has 0 saturated heterocycles. The smallest absolute Gasteiger partial charge is 0.247 e. The van der Waals surface area contributed by atoms with Crippen molar-refractivity contribution in [1.29, 1.82) is 0 Å². The maximum Gasteiger partial charge on any atom is 0.247 e. The fourth-order valence-electron chi connectivity index (χ4n) is 2.18. The molecule has 0 saturated carbocycles. The Bertz CT molecular complexity index is 1330. The summed E-state index contributed by atoms with van der Waals surface area (Å²) in [5.41, 5.74) is -0.241. The third kappa shape index (κ3) is 6.51. The van der Waals surface area contributed by atoms with E-state index >= 15 is 0 Å². The molecular formula is C22H22FN5O3. The molecule has 3 rings (SSSR count). The molecule has 0 radical (unpaired) electrons. The Kier molecular flexibility index (Phi) is 5.15. The van der Waals surface area contributed by atoms with Crippen molar-refractivity contribution in [3.8, 4) is 5.75 Å². The van der Waals surface area contributed by atoms with E-state index in [1.165, 1.54) is 19.2 Å². The van der Waals surface area contributed by atoms with Gasteiger partial charge in [0, 0.05) is 24.2 Å². The number of benzene rings is 2. The summed E-state index contributed by atoms with van der Waals surface area (Å²) in [6, 6.07) is 3.86. The van der Waals surface area contributed by atoms with Gasteiger partial charge in [-0.1, -0.05) is 12.6 Å². The number of ether oxygens (including phenoxy) is 2. The number of hydrogen-bond acceptors (Lipinski definition) is 7. The predicted octanol–water partition coefficient (Wildman–Crippen LogP) is 4.25. The van der Waals surface area contributed by atoms with E-state index in [2.05, 4.69) is 32.5 Å². The molecule has 8 nitrogen and oxygen atoms in total. The molecule has 9 heteroatoms. The molecule has 0 aliphatic rings. The number of carbonyl (C=O) groups is 1. The van der Waals surface area contributed by atoms with E-state index < -0.39 is 48.3 Å². The van der Waals surface area contributed by atoms with E-state index in [0.29, 0.717) is 5.69 Å². The Morgan fingerprint density at radius 1 is 1.26 bits per heavy atom. The number of carbonyl (C=O) groups excluding carboxylic acids is 1. The lowest BCUT2D eigenvalue weighted by Gasteiger charge is -2.11. The lowest BCUT2D eigenvalue weighted by atomic mass is 10.2. The van der Waals surface area contributed by atoms with E-state index in [-0.39, 0.29) is 29.7 Å². The van der Waals surface area contributed by atoms with Crippen molar-refractivity contribution in [2.45, 2.75) is 0 Å². The van der Waals surface area contributed by atoms with Crippen molar-refractivity contribution in [3.63, 3.8) is 0 Å². The zero-order valence-electron chi connectivity index (χ0n) is 22.4. The highest BCUT2D eigenvalue weighted by Crippen LogP contribution is 2.23. The van der Waals surface area contributed by atoms with Crippen molar-refractivity contribution in [2.24, 2.45) is 0 Å². The van der Waals surface area contributed by atoms with E-state index in [9.17, 15) is 9.18 Å². The van der Waals surface area contributed by atoms with Crippen LogP contribution < -0.4 is 20.7 Å². The Morgan fingerprint density at radius 2 is 2.03 bits per heavy atom. The number of amides is 1.